The number of carbonyl (C=O) groups is 3. The molecule has 3 heterocycles. The molecular weight excluding hydrogens is 420 g/mol. The molecule has 2 N–H and O–H groups in total. The molecule has 4 amide bonds. The number of benzene rings is 1. The Morgan fingerprint density at radius 2 is 2.06 bits per heavy atom. The van der Waals surface area contributed by atoms with E-state index in [1.54, 1.807) is 15.9 Å². The van der Waals surface area contributed by atoms with Gasteiger partial charge in [0.2, 0.25) is 0 Å². The Kier molecular flexibility index (Phi) is 5.55. The lowest BCUT2D eigenvalue weighted by molar-refractivity contribution is 0.0730. The largest absolute Gasteiger partial charge is 0.351 e. The van der Waals surface area contributed by atoms with Crippen molar-refractivity contribution in [2.45, 2.75) is 46.2 Å². The van der Waals surface area contributed by atoms with Gasteiger partial charge in [-0.05, 0) is 50.3 Å². The van der Waals surface area contributed by atoms with Crippen LogP contribution in [0, 0.1) is 12.8 Å². The minimum atomic E-state index is -0.185. The highest BCUT2D eigenvalue weighted by Gasteiger charge is 2.33. The van der Waals surface area contributed by atoms with Crippen LogP contribution < -0.4 is 15.5 Å². The van der Waals surface area contributed by atoms with E-state index in [4.69, 9.17) is 0 Å². The molecule has 3 aliphatic rings. The van der Waals surface area contributed by atoms with Crippen LogP contribution in [0.25, 0.3) is 0 Å². The Labute approximate surface area is 193 Å². The smallest absolute Gasteiger partial charge is 0.322 e. The number of nitrogens with one attached hydrogen (secondary N) is 2. The van der Waals surface area contributed by atoms with Crippen molar-refractivity contribution in [1.82, 2.24) is 25.3 Å². The van der Waals surface area contributed by atoms with Crippen LogP contribution in [0.4, 0.5) is 10.5 Å². The van der Waals surface area contributed by atoms with Gasteiger partial charge in [-0.2, -0.15) is 5.10 Å². The number of amides is 4. The van der Waals surface area contributed by atoms with Crippen molar-refractivity contribution >= 4 is 23.5 Å². The molecule has 1 saturated heterocycles. The quantitative estimate of drug-likeness (QED) is 0.704. The standard InChI is InChI=1S/C24H30N6O3/c1-3-25-22(31)21-18-14-28(10-8-19(18)30(27-21)13-16-5-6-16)23(32)17-7-4-15(2)20(12-17)29-11-9-26-24(29)33/h4,7,12,16H,3,5-6,8-11,13-14H2,1-2H3,(H,25,31)(H,26,33). The summed E-state index contributed by atoms with van der Waals surface area (Å²) in [4.78, 5) is 41.8. The van der Waals surface area contributed by atoms with E-state index in [2.05, 4.69) is 15.7 Å². The second-order valence-electron chi connectivity index (χ2n) is 9.12. The summed E-state index contributed by atoms with van der Waals surface area (Å²) in [5.74, 6) is 0.359. The number of hydrogen-bond acceptors (Lipinski definition) is 4. The molecule has 1 aromatic heterocycles. The third-order valence-electron chi connectivity index (χ3n) is 6.71. The number of nitrogens with zero attached hydrogens (tertiary/aromatic N) is 4. The molecule has 174 valence electrons. The number of fused-ring (bicyclic) bond motifs is 1. The minimum absolute atomic E-state index is 0.0988. The van der Waals surface area contributed by atoms with Crippen LogP contribution in [0.2, 0.25) is 0 Å². The zero-order chi connectivity index (χ0) is 23.1. The maximum Gasteiger partial charge on any atom is 0.322 e. The SMILES string of the molecule is CCNC(=O)c1nn(CC2CC2)c2c1CN(C(=O)c1ccc(C)c(N3CCNC3=O)c1)CC2. The average Bonchev–Trinajstić information content (AvgIpc) is 3.42. The molecule has 5 rings (SSSR count). The summed E-state index contributed by atoms with van der Waals surface area (Å²) in [6.45, 7) is 7.31. The van der Waals surface area contributed by atoms with Gasteiger partial charge >= 0.3 is 6.03 Å². The van der Waals surface area contributed by atoms with Crippen LogP contribution in [0.5, 0.6) is 0 Å². The Bertz CT molecular complexity index is 1120. The van der Waals surface area contributed by atoms with Gasteiger partial charge in [0, 0.05) is 61.7 Å². The van der Waals surface area contributed by atoms with E-state index in [0.717, 1.165) is 29.1 Å². The minimum Gasteiger partial charge on any atom is -0.351 e. The molecule has 0 radical (unpaired) electrons. The van der Waals surface area contributed by atoms with Gasteiger partial charge in [-0.3, -0.25) is 19.2 Å². The van der Waals surface area contributed by atoms with Crippen molar-refractivity contribution in [2.24, 2.45) is 5.92 Å². The highest BCUT2D eigenvalue weighted by atomic mass is 16.2. The third kappa shape index (κ3) is 4.07. The van der Waals surface area contributed by atoms with E-state index in [9.17, 15) is 14.4 Å². The molecule has 2 aromatic rings. The fourth-order valence-corrected chi connectivity index (χ4v) is 4.70. The second kappa shape index (κ2) is 8.53. The van der Waals surface area contributed by atoms with Crippen molar-refractivity contribution in [3.05, 3.63) is 46.3 Å². The van der Waals surface area contributed by atoms with Crippen LogP contribution in [0.15, 0.2) is 18.2 Å². The molecular formula is C24H30N6O3. The monoisotopic (exact) mass is 450 g/mol. The van der Waals surface area contributed by atoms with Crippen molar-refractivity contribution in [3.63, 3.8) is 0 Å². The first-order chi connectivity index (χ1) is 16.0. The molecule has 1 saturated carbocycles. The van der Waals surface area contributed by atoms with Gasteiger partial charge < -0.3 is 15.5 Å². The number of hydrogen-bond donors (Lipinski definition) is 2. The lowest BCUT2D eigenvalue weighted by atomic mass is 10.0. The van der Waals surface area contributed by atoms with Crippen molar-refractivity contribution in [1.29, 1.82) is 0 Å². The van der Waals surface area contributed by atoms with Crippen LogP contribution >= 0.6 is 0 Å². The summed E-state index contributed by atoms with van der Waals surface area (Å²) in [6, 6.07) is 5.36. The fourth-order valence-electron chi connectivity index (χ4n) is 4.70. The first-order valence-electron chi connectivity index (χ1n) is 11.8. The van der Waals surface area contributed by atoms with Crippen molar-refractivity contribution in [2.75, 3.05) is 31.1 Å². The first-order valence-corrected chi connectivity index (χ1v) is 11.8. The fraction of sp³-hybridized carbons (Fsp3) is 0.500. The third-order valence-corrected chi connectivity index (χ3v) is 6.71. The average molecular weight is 451 g/mol. The molecule has 0 spiro atoms. The first kappa shape index (κ1) is 21.5. The van der Waals surface area contributed by atoms with E-state index in [0.29, 0.717) is 56.3 Å². The Hall–Kier alpha value is -3.36. The van der Waals surface area contributed by atoms with Crippen LogP contribution in [-0.4, -0.2) is 58.7 Å². The molecule has 9 nitrogen and oxygen atoms in total. The molecule has 2 fully saturated rings. The summed E-state index contributed by atoms with van der Waals surface area (Å²) in [7, 11) is 0. The van der Waals surface area contributed by atoms with Gasteiger partial charge in [0.05, 0.1) is 6.54 Å². The maximum absolute atomic E-state index is 13.4. The van der Waals surface area contributed by atoms with Gasteiger partial charge in [-0.1, -0.05) is 6.07 Å². The number of aromatic nitrogens is 2. The predicted molar refractivity (Wildman–Crippen MR) is 123 cm³/mol. The number of aryl methyl sites for hydroxylation is 1. The maximum atomic E-state index is 13.4. The molecule has 0 atom stereocenters. The van der Waals surface area contributed by atoms with Gasteiger partial charge in [0.1, 0.15) is 0 Å². The molecule has 33 heavy (non-hydrogen) atoms. The molecule has 0 unspecified atom stereocenters. The van der Waals surface area contributed by atoms with Crippen molar-refractivity contribution in [3.8, 4) is 0 Å². The highest BCUT2D eigenvalue weighted by molar-refractivity contribution is 5.99. The molecule has 9 heteroatoms. The van der Waals surface area contributed by atoms with Gasteiger partial charge in [0.25, 0.3) is 11.8 Å². The van der Waals surface area contributed by atoms with Gasteiger partial charge in [-0.15, -0.1) is 0 Å². The van der Waals surface area contributed by atoms with E-state index in [1.807, 2.05) is 30.7 Å². The normalized spacial score (nSPS) is 17.7. The van der Waals surface area contributed by atoms with E-state index < -0.39 is 0 Å². The lowest BCUT2D eigenvalue weighted by Crippen LogP contribution is -2.37. The summed E-state index contributed by atoms with van der Waals surface area (Å²) in [6.07, 6.45) is 3.09. The predicted octanol–water partition coefficient (Wildman–Crippen LogP) is 2.08. The molecule has 0 bridgehead atoms. The summed E-state index contributed by atoms with van der Waals surface area (Å²) < 4.78 is 2.00. The number of anilines is 1. The Morgan fingerprint density at radius 1 is 1.24 bits per heavy atom. The van der Waals surface area contributed by atoms with Crippen LogP contribution in [0.3, 0.4) is 0 Å². The van der Waals surface area contributed by atoms with Gasteiger partial charge in [0.15, 0.2) is 5.69 Å². The number of rotatable bonds is 6. The topological polar surface area (TPSA) is 99.6 Å². The Balaban J connectivity index is 1.41. The number of carbonyl (C=O) groups excluding carboxylic acids is 3. The number of urea groups is 1. The lowest BCUT2D eigenvalue weighted by Gasteiger charge is -2.28. The zero-order valence-corrected chi connectivity index (χ0v) is 19.2. The van der Waals surface area contributed by atoms with E-state index in [-0.39, 0.29) is 17.8 Å². The van der Waals surface area contributed by atoms with E-state index in [1.165, 1.54) is 12.8 Å². The highest BCUT2D eigenvalue weighted by Crippen LogP contribution is 2.33. The summed E-state index contributed by atoms with van der Waals surface area (Å²) in [5.41, 5.74) is 4.61. The van der Waals surface area contributed by atoms with E-state index >= 15 is 0 Å². The van der Waals surface area contributed by atoms with Crippen molar-refractivity contribution < 1.29 is 14.4 Å². The molecule has 1 aliphatic carbocycles. The summed E-state index contributed by atoms with van der Waals surface area (Å²) in [5, 5.41) is 10.3. The van der Waals surface area contributed by atoms with Crippen LogP contribution in [-0.2, 0) is 19.5 Å². The van der Waals surface area contributed by atoms with Crippen LogP contribution in [0.1, 0.15) is 57.4 Å². The zero-order valence-electron chi connectivity index (χ0n) is 19.2. The molecule has 2 aliphatic heterocycles. The summed E-state index contributed by atoms with van der Waals surface area (Å²) >= 11 is 0. The molecule has 1 aromatic carbocycles. The second-order valence-corrected chi connectivity index (χ2v) is 9.12. The van der Waals surface area contributed by atoms with Gasteiger partial charge in [-0.25, -0.2) is 4.79 Å². The Morgan fingerprint density at radius 3 is 2.76 bits per heavy atom.